The van der Waals surface area contributed by atoms with Crippen molar-refractivity contribution >= 4 is 35.6 Å². The van der Waals surface area contributed by atoms with E-state index in [1.54, 1.807) is 0 Å². The molecule has 1 atom stereocenters. The Kier molecular flexibility index (Phi) is 10.2. The van der Waals surface area contributed by atoms with Gasteiger partial charge in [0.05, 0.1) is 5.69 Å². The molecule has 1 aromatic heterocycles. The predicted octanol–water partition coefficient (Wildman–Crippen LogP) is 1.37. The van der Waals surface area contributed by atoms with Gasteiger partial charge in [-0.2, -0.15) is 0 Å². The van der Waals surface area contributed by atoms with Crippen LogP contribution >= 0.6 is 11.8 Å². The molecule has 1 saturated heterocycles. The van der Waals surface area contributed by atoms with E-state index in [4.69, 9.17) is 10.5 Å². The summed E-state index contributed by atoms with van der Waals surface area (Å²) in [5, 5.41) is 9.06. The number of benzene rings is 1. The highest BCUT2D eigenvalue weighted by Crippen LogP contribution is 2.29. The van der Waals surface area contributed by atoms with E-state index in [-0.39, 0.29) is 37.1 Å². The van der Waals surface area contributed by atoms with Crippen molar-refractivity contribution in [3.8, 4) is 11.3 Å². The molecule has 3 amide bonds. The summed E-state index contributed by atoms with van der Waals surface area (Å²) in [4.78, 5) is 51.6. The first-order chi connectivity index (χ1) is 19.2. The number of piperazine rings is 1. The van der Waals surface area contributed by atoms with Crippen LogP contribution in [0.5, 0.6) is 0 Å². The number of thioether (sulfide) groups is 1. The van der Waals surface area contributed by atoms with Crippen LogP contribution in [-0.2, 0) is 9.53 Å². The summed E-state index contributed by atoms with van der Waals surface area (Å²) >= 11 is 1.38. The van der Waals surface area contributed by atoms with E-state index in [1.807, 2.05) is 32.0 Å². The fraction of sp³-hybridized carbons (Fsp3) is 0.519. The number of ether oxygens (including phenoxy) is 1. The van der Waals surface area contributed by atoms with Gasteiger partial charge in [0.1, 0.15) is 5.03 Å². The zero-order valence-corrected chi connectivity index (χ0v) is 24.1. The molecule has 1 fully saturated rings. The number of anilines is 1. The molecule has 13 heteroatoms. The molecule has 2 aliphatic rings. The third kappa shape index (κ3) is 8.29. The fourth-order valence-electron chi connectivity index (χ4n) is 4.66. The number of hydrogen-bond acceptors (Lipinski definition) is 10. The molecule has 2 aromatic rings. The molecular weight excluding hydrogens is 532 g/mol. The summed E-state index contributed by atoms with van der Waals surface area (Å²) in [6, 6.07) is 5.56. The Labute approximate surface area is 238 Å². The quantitative estimate of drug-likeness (QED) is 0.396. The Morgan fingerprint density at radius 3 is 2.65 bits per heavy atom. The van der Waals surface area contributed by atoms with Crippen LogP contribution in [0.2, 0.25) is 0 Å². The predicted molar refractivity (Wildman–Crippen MR) is 154 cm³/mol. The molecule has 4 rings (SSSR count). The maximum atomic E-state index is 13.1. The first-order valence-corrected chi connectivity index (χ1v) is 14.5. The van der Waals surface area contributed by atoms with E-state index in [0.29, 0.717) is 28.6 Å². The van der Waals surface area contributed by atoms with Crippen LogP contribution in [-0.4, -0.2) is 103 Å². The number of nitrogen functional groups attached to an aromatic ring is 1. The van der Waals surface area contributed by atoms with Gasteiger partial charge in [-0.3, -0.25) is 14.5 Å². The molecule has 0 spiro atoms. The largest absolute Gasteiger partial charge is 0.425 e. The molecule has 40 heavy (non-hydrogen) atoms. The summed E-state index contributed by atoms with van der Waals surface area (Å²) in [7, 11) is 2.10. The van der Waals surface area contributed by atoms with Crippen LogP contribution < -0.4 is 21.7 Å². The van der Waals surface area contributed by atoms with Crippen molar-refractivity contribution in [2.24, 2.45) is 0 Å². The van der Waals surface area contributed by atoms with Crippen LogP contribution in [0.15, 0.2) is 23.2 Å². The average molecular weight is 571 g/mol. The summed E-state index contributed by atoms with van der Waals surface area (Å²) < 4.78 is 5.54. The first kappa shape index (κ1) is 29.6. The van der Waals surface area contributed by atoms with Crippen molar-refractivity contribution in [2.45, 2.75) is 37.9 Å². The number of amides is 3. The number of carbonyl (C=O) groups excluding carboxylic acids is 3. The molecule has 2 aliphatic heterocycles. The molecular formula is C27H38N8O4S. The number of fused-ring (bicyclic) bond motifs is 5. The lowest BCUT2D eigenvalue weighted by Crippen LogP contribution is -2.47. The third-order valence-corrected chi connectivity index (χ3v) is 7.86. The molecule has 4 bridgehead atoms. The Bertz CT molecular complexity index is 1240. The van der Waals surface area contributed by atoms with Gasteiger partial charge in [0.25, 0.3) is 5.91 Å². The fourth-order valence-corrected chi connectivity index (χ4v) is 5.51. The Morgan fingerprint density at radius 2 is 1.88 bits per heavy atom. The number of alkyl carbamates (subject to hydrolysis) is 1. The molecule has 1 aromatic carbocycles. The number of nitrogens with one attached hydrogen (secondary N) is 3. The van der Waals surface area contributed by atoms with Crippen molar-refractivity contribution < 1.29 is 19.1 Å². The number of aromatic nitrogens is 2. The number of nitrogens with zero attached hydrogens (tertiary/aromatic N) is 4. The van der Waals surface area contributed by atoms with Gasteiger partial charge in [-0.15, -0.1) is 11.8 Å². The second-order valence-corrected chi connectivity index (χ2v) is 11.2. The van der Waals surface area contributed by atoms with Crippen molar-refractivity contribution in [3.05, 3.63) is 34.9 Å². The topological polar surface area (TPSA) is 155 Å². The number of likely N-dealkylation sites (N-methyl/N-ethyl adjacent to an activating group) is 1. The van der Waals surface area contributed by atoms with Crippen LogP contribution in [0.3, 0.4) is 0 Å². The van der Waals surface area contributed by atoms with Gasteiger partial charge in [-0.25, -0.2) is 14.8 Å². The number of nitrogens with two attached hydrogens (primary N) is 1. The minimum Gasteiger partial charge on any atom is -0.425 e. The number of aryl methyl sites for hydroxylation is 2. The Hall–Kier alpha value is -3.42. The molecule has 1 unspecified atom stereocenters. The van der Waals surface area contributed by atoms with E-state index in [1.165, 1.54) is 11.8 Å². The van der Waals surface area contributed by atoms with E-state index >= 15 is 0 Å². The lowest BCUT2D eigenvalue weighted by molar-refractivity contribution is -0.123. The summed E-state index contributed by atoms with van der Waals surface area (Å²) in [6.07, 6.45) is -1.12. The second kappa shape index (κ2) is 13.8. The smallest absolute Gasteiger partial charge is 0.409 e. The molecule has 0 aliphatic carbocycles. The number of hydrogen-bond donors (Lipinski definition) is 4. The standard InChI is InChI=1S/C27H38N8O4S/c1-17-14-18(2)20-15-19(17)21-16-24(33-26(28)31-21)40-13-5-22(36)32-23(4-6-29-25(20)37)39-27(38)30-7-8-35-11-9-34(3)10-12-35/h14-16,23H,4-13H2,1-3H3,(H,29,37)(H,30,38)(H,32,36)(H2,28,31,33). The maximum absolute atomic E-state index is 13.1. The van der Waals surface area contributed by atoms with Crippen LogP contribution in [0.1, 0.15) is 34.3 Å². The highest BCUT2D eigenvalue weighted by atomic mass is 32.2. The number of carbonyl (C=O) groups is 3. The van der Waals surface area contributed by atoms with Crippen molar-refractivity contribution in [1.82, 2.24) is 35.7 Å². The average Bonchev–Trinajstić information content (AvgIpc) is 2.89. The molecule has 0 radical (unpaired) electrons. The first-order valence-electron chi connectivity index (χ1n) is 13.5. The van der Waals surface area contributed by atoms with Gasteiger partial charge < -0.3 is 31.3 Å². The number of rotatable bonds is 4. The molecule has 5 N–H and O–H groups in total. The summed E-state index contributed by atoms with van der Waals surface area (Å²) in [5.41, 5.74) is 9.66. The van der Waals surface area contributed by atoms with E-state index in [9.17, 15) is 14.4 Å². The zero-order valence-electron chi connectivity index (χ0n) is 23.3. The lowest BCUT2D eigenvalue weighted by atomic mass is 9.97. The Balaban J connectivity index is 1.43. The summed E-state index contributed by atoms with van der Waals surface area (Å²) in [5.74, 6) is 0.00806. The van der Waals surface area contributed by atoms with Crippen LogP contribution in [0, 0.1) is 13.8 Å². The zero-order chi connectivity index (χ0) is 28.6. The highest BCUT2D eigenvalue weighted by molar-refractivity contribution is 7.99. The van der Waals surface area contributed by atoms with Crippen molar-refractivity contribution in [2.75, 3.05) is 64.3 Å². The van der Waals surface area contributed by atoms with Crippen molar-refractivity contribution in [1.29, 1.82) is 0 Å². The van der Waals surface area contributed by atoms with Crippen LogP contribution in [0.25, 0.3) is 11.3 Å². The molecule has 3 heterocycles. The minimum atomic E-state index is -0.898. The monoisotopic (exact) mass is 570 g/mol. The normalized spacial score (nSPS) is 19.4. The van der Waals surface area contributed by atoms with Gasteiger partial charge in [-0.1, -0.05) is 6.07 Å². The second-order valence-electron chi connectivity index (χ2n) is 10.1. The lowest BCUT2D eigenvalue weighted by Gasteiger charge is -2.32. The van der Waals surface area contributed by atoms with E-state index in [2.05, 4.69) is 42.8 Å². The molecule has 12 nitrogen and oxygen atoms in total. The minimum absolute atomic E-state index is 0.114. The SMILES string of the molecule is Cc1cc(C)c2cc1C(=O)NCCC(OC(=O)NCCN1CCN(C)CC1)NC(=O)CCSc1cc-2nc(N)n1. The third-order valence-electron chi connectivity index (χ3n) is 6.95. The molecule has 216 valence electrons. The summed E-state index contributed by atoms with van der Waals surface area (Å²) in [6.45, 7) is 9.09. The van der Waals surface area contributed by atoms with Crippen molar-refractivity contribution in [3.63, 3.8) is 0 Å². The maximum Gasteiger partial charge on any atom is 0.409 e. The van der Waals surface area contributed by atoms with Gasteiger partial charge in [0.2, 0.25) is 11.9 Å². The van der Waals surface area contributed by atoms with Gasteiger partial charge in [0.15, 0.2) is 6.23 Å². The van der Waals surface area contributed by atoms with Gasteiger partial charge in [-0.05, 0) is 44.2 Å². The van der Waals surface area contributed by atoms with Gasteiger partial charge in [0, 0.05) is 75.5 Å². The highest BCUT2D eigenvalue weighted by Gasteiger charge is 2.21. The Morgan fingerprint density at radius 1 is 1.12 bits per heavy atom. The van der Waals surface area contributed by atoms with Gasteiger partial charge >= 0.3 is 6.09 Å². The van der Waals surface area contributed by atoms with Crippen LogP contribution in [0.4, 0.5) is 10.7 Å². The van der Waals surface area contributed by atoms with E-state index in [0.717, 1.165) is 49.4 Å². The van der Waals surface area contributed by atoms with E-state index < -0.39 is 12.3 Å². The molecule has 0 saturated carbocycles.